The minimum atomic E-state index is -3.38. The lowest BCUT2D eigenvalue weighted by atomic mass is 10.1. The van der Waals surface area contributed by atoms with Gasteiger partial charge in [0.05, 0.1) is 4.90 Å². The summed E-state index contributed by atoms with van der Waals surface area (Å²) in [5.41, 5.74) is 1.15. The second-order valence-electron chi connectivity index (χ2n) is 6.25. The summed E-state index contributed by atoms with van der Waals surface area (Å²) < 4.78 is 27.3. The van der Waals surface area contributed by atoms with E-state index in [1.807, 2.05) is 19.1 Å². The smallest absolute Gasteiger partial charge is 0.240 e. The van der Waals surface area contributed by atoms with Crippen molar-refractivity contribution in [1.29, 1.82) is 0 Å². The molecule has 118 valence electrons. The van der Waals surface area contributed by atoms with Crippen molar-refractivity contribution >= 4 is 10.0 Å². The van der Waals surface area contributed by atoms with Gasteiger partial charge in [-0.3, -0.25) is 0 Å². The third-order valence-corrected chi connectivity index (χ3v) is 5.44. The number of rotatable bonds is 8. The van der Waals surface area contributed by atoms with Crippen LogP contribution in [-0.2, 0) is 16.4 Å². The first-order chi connectivity index (χ1) is 9.88. The van der Waals surface area contributed by atoms with Crippen LogP contribution in [0.15, 0.2) is 29.2 Å². The Bertz CT molecular complexity index is 548. The minimum absolute atomic E-state index is 0.0323. The van der Waals surface area contributed by atoms with Crippen LogP contribution < -0.4 is 10.0 Å². The monoisotopic (exact) mass is 310 g/mol. The summed E-state index contributed by atoms with van der Waals surface area (Å²) in [5, 5.41) is 3.35. The zero-order valence-electron chi connectivity index (χ0n) is 13.1. The third-order valence-electron chi connectivity index (χ3n) is 3.87. The van der Waals surface area contributed by atoms with E-state index >= 15 is 0 Å². The Morgan fingerprint density at radius 1 is 1.14 bits per heavy atom. The highest BCUT2D eigenvalue weighted by molar-refractivity contribution is 7.89. The molecule has 1 atom stereocenters. The zero-order valence-corrected chi connectivity index (χ0v) is 13.9. The lowest BCUT2D eigenvalue weighted by molar-refractivity contribution is 0.538. The van der Waals surface area contributed by atoms with E-state index in [0.717, 1.165) is 31.4 Å². The highest BCUT2D eigenvalue weighted by Crippen LogP contribution is 2.33. The summed E-state index contributed by atoms with van der Waals surface area (Å²) >= 11 is 0. The Morgan fingerprint density at radius 3 is 2.29 bits per heavy atom. The summed E-state index contributed by atoms with van der Waals surface area (Å²) in [7, 11) is -3.38. The minimum Gasteiger partial charge on any atom is -0.314 e. The summed E-state index contributed by atoms with van der Waals surface area (Å²) in [6.07, 6.45) is 3.17. The summed E-state index contributed by atoms with van der Waals surface area (Å²) in [5.74, 6) is 0.515. The van der Waals surface area contributed by atoms with Gasteiger partial charge >= 0.3 is 0 Å². The normalized spacial score (nSPS) is 17.1. The van der Waals surface area contributed by atoms with Gasteiger partial charge in [-0.2, -0.15) is 0 Å². The van der Waals surface area contributed by atoms with Crippen LogP contribution in [0.2, 0.25) is 0 Å². The summed E-state index contributed by atoms with van der Waals surface area (Å²) in [4.78, 5) is 0.357. The number of hydrogen-bond acceptors (Lipinski definition) is 3. The van der Waals surface area contributed by atoms with Crippen molar-refractivity contribution in [2.24, 2.45) is 5.92 Å². The highest BCUT2D eigenvalue weighted by atomic mass is 32.2. The van der Waals surface area contributed by atoms with Gasteiger partial charge in [0.15, 0.2) is 0 Å². The molecule has 0 radical (unpaired) electrons. The lowest BCUT2D eigenvalue weighted by Gasteiger charge is -2.13. The largest absolute Gasteiger partial charge is 0.314 e. The molecule has 0 spiro atoms. The maximum Gasteiger partial charge on any atom is 0.240 e. The molecular weight excluding hydrogens is 284 g/mol. The van der Waals surface area contributed by atoms with Crippen molar-refractivity contribution in [1.82, 2.24) is 10.0 Å². The van der Waals surface area contributed by atoms with Crippen LogP contribution in [0.25, 0.3) is 0 Å². The maximum atomic E-state index is 12.3. The zero-order chi connectivity index (χ0) is 15.5. The number of benzene rings is 1. The van der Waals surface area contributed by atoms with Gasteiger partial charge in [0.2, 0.25) is 10.0 Å². The third kappa shape index (κ3) is 5.09. The number of sulfonamides is 1. The topological polar surface area (TPSA) is 58.2 Å². The molecule has 1 saturated carbocycles. The molecule has 1 aliphatic rings. The Kier molecular flexibility index (Phi) is 5.41. The van der Waals surface area contributed by atoms with Crippen LogP contribution >= 0.6 is 0 Å². The second kappa shape index (κ2) is 6.90. The SMILES string of the molecule is CC(C)NCCc1ccc(S(=O)(=O)NC(C)C2CC2)cc1. The fourth-order valence-electron chi connectivity index (χ4n) is 2.35. The molecule has 0 heterocycles. The van der Waals surface area contributed by atoms with Gasteiger partial charge in [0, 0.05) is 12.1 Å². The molecule has 0 aliphatic heterocycles. The molecule has 0 bridgehead atoms. The molecular formula is C16H26N2O2S. The molecule has 1 unspecified atom stereocenters. The van der Waals surface area contributed by atoms with Gasteiger partial charge in [-0.05, 0) is 56.3 Å². The molecule has 1 fully saturated rings. The Balaban J connectivity index is 1.93. The first-order valence-corrected chi connectivity index (χ1v) is 9.21. The van der Waals surface area contributed by atoms with Crippen molar-refractivity contribution in [3.05, 3.63) is 29.8 Å². The van der Waals surface area contributed by atoms with Crippen LogP contribution in [0.4, 0.5) is 0 Å². The molecule has 1 aromatic rings. The second-order valence-corrected chi connectivity index (χ2v) is 7.96. The van der Waals surface area contributed by atoms with E-state index < -0.39 is 10.0 Å². The van der Waals surface area contributed by atoms with Crippen molar-refractivity contribution in [3.8, 4) is 0 Å². The van der Waals surface area contributed by atoms with E-state index in [0.29, 0.717) is 16.9 Å². The summed E-state index contributed by atoms with van der Waals surface area (Å²) in [6.45, 7) is 7.08. The van der Waals surface area contributed by atoms with Crippen molar-refractivity contribution in [3.63, 3.8) is 0 Å². The van der Waals surface area contributed by atoms with Gasteiger partial charge in [-0.25, -0.2) is 13.1 Å². The van der Waals surface area contributed by atoms with Crippen molar-refractivity contribution in [2.75, 3.05) is 6.54 Å². The molecule has 2 rings (SSSR count). The fourth-order valence-corrected chi connectivity index (χ4v) is 3.66. The predicted molar refractivity (Wildman–Crippen MR) is 85.8 cm³/mol. The Labute approximate surface area is 128 Å². The average molecular weight is 310 g/mol. The average Bonchev–Trinajstić information content (AvgIpc) is 3.22. The lowest BCUT2D eigenvalue weighted by Crippen LogP contribution is -2.34. The van der Waals surface area contributed by atoms with E-state index in [1.165, 1.54) is 0 Å². The number of nitrogens with one attached hydrogen (secondary N) is 2. The summed E-state index contributed by atoms with van der Waals surface area (Å²) in [6, 6.07) is 7.71. The van der Waals surface area contributed by atoms with Crippen LogP contribution in [0.1, 0.15) is 39.2 Å². The fraction of sp³-hybridized carbons (Fsp3) is 0.625. The van der Waals surface area contributed by atoms with Crippen LogP contribution in [-0.4, -0.2) is 27.0 Å². The maximum absolute atomic E-state index is 12.3. The van der Waals surface area contributed by atoms with E-state index in [4.69, 9.17) is 0 Å². The molecule has 4 nitrogen and oxygen atoms in total. The first-order valence-electron chi connectivity index (χ1n) is 7.73. The highest BCUT2D eigenvalue weighted by Gasteiger charge is 2.31. The van der Waals surface area contributed by atoms with Gasteiger partial charge in [0.25, 0.3) is 0 Å². The quantitative estimate of drug-likeness (QED) is 0.774. The molecule has 5 heteroatoms. The molecule has 0 aromatic heterocycles. The first kappa shape index (κ1) is 16.5. The van der Waals surface area contributed by atoms with Gasteiger partial charge in [0.1, 0.15) is 0 Å². The Hall–Kier alpha value is -0.910. The van der Waals surface area contributed by atoms with Gasteiger partial charge in [-0.15, -0.1) is 0 Å². The van der Waals surface area contributed by atoms with Crippen LogP contribution in [0, 0.1) is 5.92 Å². The van der Waals surface area contributed by atoms with E-state index in [9.17, 15) is 8.42 Å². The van der Waals surface area contributed by atoms with E-state index in [1.54, 1.807) is 12.1 Å². The number of hydrogen-bond donors (Lipinski definition) is 2. The standard InChI is InChI=1S/C16H26N2O2S/c1-12(2)17-11-10-14-4-8-16(9-5-14)21(19,20)18-13(3)15-6-7-15/h4-5,8-9,12-13,15,17-18H,6-7,10-11H2,1-3H3. The molecule has 1 aromatic carbocycles. The molecule has 0 saturated heterocycles. The Morgan fingerprint density at radius 2 is 1.76 bits per heavy atom. The van der Waals surface area contributed by atoms with E-state index in [2.05, 4.69) is 23.9 Å². The predicted octanol–water partition coefficient (Wildman–Crippen LogP) is 2.30. The molecule has 0 amide bonds. The van der Waals surface area contributed by atoms with Crippen molar-refractivity contribution < 1.29 is 8.42 Å². The van der Waals surface area contributed by atoms with Crippen LogP contribution in [0.3, 0.4) is 0 Å². The van der Waals surface area contributed by atoms with Gasteiger partial charge in [-0.1, -0.05) is 26.0 Å². The van der Waals surface area contributed by atoms with Crippen LogP contribution in [0.5, 0.6) is 0 Å². The van der Waals surface area contributed by atoms with Gasteiger partial charge < -0.3 is 5.32 Å². The molecule has 2 N–H and O–H groups in total. The van der Waals surface area contributed by atoms with Crippen molar-refractivity contribution in [2.45, 2.75) is 57.0 Å². The molecule has 1 aliphatic carbocycles. The molecule has 21 heavy (non-hydrogen) atoms. The van der Waals surface area contributed by atoms with E-state index in [-0.39, 0.29) is 6.04 Å².